The van der Waals surface area contributed by atoms with E-state index in [1.165, 1.54) is 5.56 Å². The van der Waals surface area contributed by atoms with Crippen molar-refractivity contribution in [3.63, 3.8) is 0 Å². The minimum Gasteiger partial charge on any atom is -0.271 e. The fourth-order valence-electron chi connectivity index (χ4n) is 2.84. The van der Waals surface area contributed by atoms with E-state index in [0.29, 0.717) is 5.92 Å². The van der Waals surface area contributed by atoms with E-state index in [4.69, 9.17) is 5.10 Å². The Morgan fingerprint density at radius 1 is 1.24 bits per heavy atom. The number of thioether (sulfide) groups is 2. The maximum Gasteiger partial charge on any atom is 0.234 e. The second kappa shape index (κ2) is 7.88. The Labute approximate surface area is 159 Å². The molecule has 0 radical (unpaired) electrons. The summed E-state index contributed by atoms with van der Waals surface area (Å²) in [6.45, 7) is 3.15. The second-order valence-electron chi connectivity index (χ2n) is 5.79. The van der Waals surface area contributed by atoms with Gasteiger partial charge in [-0.15, -0.1) is 10.2 Å². The SMILES string of the molecule is CCC[C@H](c1ccccc1)c1nn2c(CSC3=NCCS3)nnc2s1. The predicted octanol–water partition coefficient (Wildman–Crippen LogP) is 4.45. The number of rotatable bonds is 6. The Balaban J connectivity index is 1.59. The van der Waals surface area contributed by atoms with E-state index in [1.54, 1.807) is 23.1 Å². The first-order chi connectivity index (χ1) is 12.3. The smallest absolute Gasteiger partial charge is 0.234 e. The van der Waals surface area contributed by atoms with Gasteiger partial charge in [-0.2, -0.15) is 9.61 Å². The van der Waals surface area contributed by atoms with Gasteiger partial charge in [-0.25, -0.2) is 0 Å². The molecule has 0 bridgehead atoms. The molecule has 1 atom stereocenters. The van der Waals surface area contributed by atoms with Gasteiger partial charge in [-0.1, -0.05) is 78.5 Å². The molecule has 0 amide bonds. The Kier molecular flexibility index (Phi) is 5.38. The van der Waals surface area contributed by atoms with Crippen molar-refractivity contribution in [2.45, 2.75) is 31.4 Å². The van der Waals surface area contributed by atoms with Crippen LogP contribution in [-0.2, 0) is 5.75 Å². The van der Waals surface area contributed by atoms with Crippen molar-refractivity contribution in [2.75, 3.05) is 12.3 Å². The highest BCUT2D eigenvalue weighted by atomic mass is 32.2. The molecule has 130 valence electrons. The molecule has 25 heavy (non-hydrogen) atoms. The van der Waals surface area contributed by atoms with Crippen LogP contribution in [0.5, 0.6) is 0 Å². The standard InChI is InChI=1S/C17H19N5S3/c1-2-6-13(12-7-4-3-5-8-12)15-21-22-14(19-20-16(22)25-15)11-24-17-18-9-10-23-17/h3-5,7-8,13H,2,6,9-11H2,1H3/t13-/m1/s1. The quantitative estimate of drug-likeness (QED) is 0.623. The highest BCUT2D eigenvalue weighted by Crippen LogP contribution is 2.33. The lowest BCUT2D eigenvalue weighted by molar-refractivity contribution is 0.677. The molecule has 0 spiro atoms. The van der Waals surface area contributed by atoms with Crippen LogP contribution in [0.1, 0.15) is 42.1 Å². The van der Waals surface area contributed by atoms with Crippen molar-refractivity contribution in [3.05, 3.63) is 46.7 Å². The van der Waals surface area contributed by atoms with E-state index >= 15 is 0 Å². The maximum atomic E-state index is 4.86. The fourth-order valence-corrected chi connectivity index (χ4v) is 5.77. The van der Waals surface area contributed by atoms with E-state index in [9.17, 15) is 0 Å². The van der Waals surface area contributed by atoms with Crippen LogP contribution in [0.15, 0.2) is 35.3 Å². The Morgan fingerprint density at radius 3 is 2.88 bits per heavy atom. The topological polar surface area (TPSA) is 55.4 Å². The van der Waals surface area contributed by atoms with Crippen LogP contribution < -0.4 is 0 Å². The summed E-state index contributed by atoms with van der Waals surface area (Å²) in [6.07, 6.45) is 2.21. The molecular formula is C17H19N5S3. The van der Waals surface area contributed by atoms with Gasteiger partial charge in [0.15, 0.2) is 5.82 Å². The predicted molar refractivity (Wildman–Crippen MR) is 108 cm³/mol. The number of aliphatic imine (C=N–C) groups is 1. The van der Waals surface area contributed by atoms with Crippen LogP contribution in [0.4, 0.5) is 0 Å². The highest BCUT2D eigenvalue weighted by molar-refractivity contribution is 8.38. The van der Waals surface area contributed by atoms with Crippen LogP contribution in [0.25, 0.3) is 4.96 Å². The van der Waals surface area contributed by atoms with E-state index in [0.717, 1.165) is 51.1 Å². The summed E-state index contributed by atoms with van der Waals surface area (Å²) in [6, 6.07) is 10.6. The van der Waals surface area contributed by atoms with E-state index in [1.807, 2.05) is 16.3 Å². The molecule has 0 unspecified atom stereocenters. The number of nitrogens with zero attached hydrogens (tertiary/aromatic N) is 5. The van der Waals surface area contributed by atoms with Crippen molar-refractivity contribution in [3.8, 4) is 0 Å². The molecule has 0 saturated carbocycles. The third kappa shape index (κ3) is 3.75. The zero-order valence-corrected chi connectivity index (χ0v) is 16.4. The summed E-state index contributed by atoms with van der Waals surface area (Å²) in [5, 5.41) is 14.6. The zero-order valence-electron chi connectivity index (χ0n) is 14.0. The Morgan fingerprint density at radius 2 is 2.12 bits per heavy atom. The molecular weight excluding hydrogens is 370 g/mol. The normalized spacial score (nSPS) is 15.6. The third-order valence-electron chi connectivity index (χ3n) is 4.03. The number of fused-ring (bicyclic) bond motifs is 1. The summed E-state index contributed by atoms with van der Waals surface area (Å²) >= 11 is 5.21. The van der Waals surface area contributed by atoms with Crippen molar-refractivity contribution < 1.29 is 0 Å². The van der Waals surface area contributed by atoms with Gasteiger partial charge in [0, 0.05) is 11.7 Å². The molecule has 3 aromatic rings. The lowest BCUT2D eigenvalue weighted by Gasteiger charge is -2.13. The van der Waals surface area contributed by atoms with Crippen LogP contribution in [-0.4, -0.2) is 36.5 Å². The summed E-state index contributed by atoms with van der Waals surface area (Å²) in [4.78, 5) is 5.36. The number of hydrogen-bond acceptors (Lipinski definition) is 7. The largest absolute Gasteiger partial charge is 0.271 e. The molecule has 4 rings (SSSR count). The molecule has 0 saturated heterocycles. The van der Waals surface area contributed by atoms with Gasteiger partial charge in [0.05, 0.1) is 12.3 Å². The molecule has 2 aromatic heterocycles. The monoisotopic (exact) mass is 389 g/mol. The van der Waals surface area contributed by atoms with Gasteiger partial charge in [-0.05, 0) is 12.0 Å². The summed E-state index contributed by atoms with van der Waals surface area (Å²) in [7, 11) is 0. The van der Waals surface area contributed by atoms with Crippen LogP contribution in [0, 0.1) is 0 Å². The first-order valence-corrected chi connectivity index (χ1v) is 11.2. The number of aromatic nitrogens is 4. The molecule has 0 fully saturated rings. The van der Waals surface area contributed by atoms with Crippen LogP contribution >= 0.6 is 34.9 Å². The molecule has 3 heterocycles. The van der Waals surface area contributed by atoms with Gasteiger partial charge in [0.25, 0.3) is 0 Å². The molecule has 0 N–H and O–H groups in total. The molecule has 0 aliphatic carbocycles. The number of hydrogen-bond donors (Lipinski definition) is 0. The van der Waals surface area contributed by atoms with E-state index in [2.05, 4.69) is 52.4 Å². The third-order valence-corrected chi connectivity index (χ3v) is 7.29. The molecule has 1 aromatic carbocycles. The first kappa shape index (κ1) is 17.1. The average Bonchev–Trinajstić information content (AvgIpc) is 3.36. The summed E-state index contributed by atoms with van der Waals surface area (Å²) in [5.41, 5.74) is 1.32. The molecule has 1 aliphatic heterocycles. The Bertz CT molecular complexity index is 871. The van der Waals surface area contributed by atoms with Gasteiger partial charge in [0.2, 0.25) is 4.96 Å². The lowest BCUT2D eigenvalue weighted by atomic mass is 9.95. The fraction of sp³-hybridized carbons (Fsp3) is 0.412. The van der Waals surface area contributed by atoms with Gasteiger partial charge in [-0.3, -0.25) is 4.99 Å². The summed E-state index contributed by atoms with van der Waals surface area (Å²) in [5.74, 6) is 3.09. The molecule has 1 aliphatic rings. The maximum absolute atomic E-state index is 4.86. The van der Waals surface area contributed by atoms with Crippen molar-refractivity contribution in [1.82, 2.24) is 19.8 Å². The zero-order chi connectivity index (χ0) is 17.1. The van der Waals surface area contributed by atoms with Crippen molar-refractivity contribution in [1.29, 1.82) is 0 Å². The van der Waals surface area contributed by atoms with Gasteiger partial charge >= 0.3 is 0 Å². The van der Waals surface area contributed by atoms with Gasteiger partial charge < -0.3 is 0 Å². The molecule has 8 heteroatoms. The number of benzene rings is 1. The van der Waals surface area contributed by atoms with Crippen LogP contribution in [0.3, 0.4) is 0 Å². The van der Waals surface area contributed by atoms with E-state index < -0.39 is 0 Å². The first-order valence-electron chi connectivity index (χ1n) is 8.41. The minimum atomic E-state index is 0.327. The van der Waals surface area contributed by atoms with Crippen LogP contribution in [0.2, 0.25) is 0 Å². The van der Waals surface area contributed by atoms with Crippen molar-refractivity contribution in [2.24, 2.45) is 4.99 Å². The molecule has 5 nitrogen and oxygen atoms in total. The minimum absolute atomic E-state index is 0.327. The second-order valence-corrected chi connectivity index (χ2v) is 9.08. The van der Waals surface area contributed by atoms with Crippen molar-refractivity contribution >= 4 is 44.2 Å². The Hall–Kier alpha value is -1.38. The average molecular weight is 390 g/mol. The van der Waals surface area contributed by atoms with Gasteiger partial charge in [0.1, 0.15) is 9.38 Å². The highest BCUT2D eigenvalue weighted by Gasteiger charge is 2.21. The lowest BCUT2D eigenvalue weighted by Crippen LogP contribution is -2.03. The summed E-state index contributed by atoms with van der Waals surface area (Å²) < 4.78 is 3.07. The van der Waals surface area contributed by atoms with E-state index in [-0.39, 0.29) is 0 Å².